The quantitative estimate of drug-likeness (QED) is 0.711. The summed E-state index contributed by atoms with van der Waals surface area (Å²) in [6, 6.07) is 3.43. The Kier molecular flexibility index (Phi) is 2.75. The van der Waals surface area contributed by atoms with Gasteiger partial charge in [0.2, 0.25) is 5.89 Å². The Bertz CT molecular complexity index is 756. The largest absolute Gasteiger partial charge is 0.444 e. The highest BCUT2D eigenvalue weighted by Crippen LogP contribution is 2.08. The van der Waals surface area contributed by atoms with E-state index in [9.17, 15) is 4.79 Å². The Balaban J connectivity index is 1.77. The van der Waals surface area contributed by atoms with Crippen LogP contribution >= 0.6 is 0 Å². The van der Waals surface area contributed by atoms with Gasteiger partial charge in [-0.3, -0.25) is 0 Å². The third-order valence-electron chi connectivity index (χ3n) is 2.64. The average molecular weight is 260 g/mol. The first-order valence-corrected chi connectivity index (χ1v) is 5.88. The molecule has 3 rings (SSSR count). The Hall–Kier alpha value is -2.64. The van der Waals surface area contributed by atoms with Gasteiger partial charge in [-0.1, -0.05) is 6.92 Å². The average Bonchev–Trinajstić information content (AvgIpc) is 3.04. The molecular weight excluding hydrogens is 248 g/mol. The summed E-state index contributed by atoms with van der Waals surface area (Å²) in [5.41, 5.74) is 0.1000. The number of anilines is 1. The van der Waals surface area contributed by atoms with Crippen LogP contribution in [0.15, 0.2) is 27.5 Å². The second-order valence-corrected chi connectivity index (χ2v) is 3.94. The first kappa shape index (κ1) is 11.5. The van der Waals surface area contributed by atoms with Gasteiger partial charge in [0.15, 0.2) is 5.65 Å². The number of aromatic nitrogens is 5. The van der Waals surface area contributed by atoms with Crippen LogP contribution < -0.4 is 11.0 Å². The molecule has 0 unspecified atom stereocenters. The SMILES string of the molecule is CCc1cnc(CNc2ccc3n[nH]c(=O)n3n2)o1. The molecule has 0 bridgehead atoms. The highest BCUT2D eigenvalue weighted by atomic mass is 16.4. The van der Waals surface area contributed by atoms with Gasteiger partial charge in [0.1, 0.15) is 11.6 Å². The van der Waals surface area contributed by atoms with Crippen LogP contribution in [-0.4, -0.2) is 24.8 Å². The number of H-pyrrole nitrogens is 1. The third kappa shape index (κ3) is 2.19. The molecule has 3 aromatic heterocycles. The van der Waals surface area contributed by atoms with Gasteiger partial charge in [0, 0.05) is 6.42 Å². The Morgan fingerprint density at radius 2 is 2.37 bits per heavy atom. The topological polar surface area (TPSA) is 101 Å². The van der Waals surface area contributed by atoms with Crippen molar-refractivity contribution >= 4 is 11.5 Å². The minimum absolute atomic E-state index is 0.372. The van der Waals surface area contributed by atoms with Gasteiger partial charge < -0.3 is 9.73 Å². The summed E-state index contributed by atoms with van der Waals surface area (Å²) >= 11 is 0. The van der Waals surface area contributed by atoms with Crippen molar-refractivity contribution in [3.63, 3.8) is 0 Å². The fourth-order valence-corrected chi connectivity index (χ4v) is 1.66. The minimum atomic E-state index is -0.372. The van der Waals surface area contributed by atoms with E-state index in [4.69, 9.17) is 4.42 Å². The number of hydrogen-bond donors (Lipinski definition) is 2. The molecule has 98 valence electrons. The Morgan fingerprint density at radius 1 is 1.47 bits per heavy atom. The molecule has 0 fully saturated rings. The lowest BCUT2D eigenvalue weighted by Crippen LogP contribution is -2.14. The Labute approximate surface area is 107 Å². The van der Waals surface area contributed by atoms with Gasteiger partial charge in [0.05, 0.1) is 12.7 Å². The fourth-order valence-electron chi connectivity index (χ4n) is 1.66. The number of oxazole rings is 1. The van der Waals surface area contributed by atoms with Crippen molar-refractivity contribution in [2.75, 3.05) is 5.32 Å². The highest BCUT2D eigenvalue weighted by Gasteiger charge is 2.05. The maximum Gasteiger partial charge on any atom is 0.364 e. The van der Waals surface area contributed by atoms with Crippen LogP contribution in [0.4, 0.5) is 5.82 Å². The molecule has 8 heteroatoms. The lowest BCUT2D eigenvalue weighted by molar-refractivity contribution is 0.465. The summed E-state index contributed by atoms with van der Waals surface area (Å²) < 4.78 is 6.65. The number of rotatable bonds is 4. The van der Waals surface area contributed by atoms with E-state index in [0.29, 0.717) is 23.9 Å². The monoisotopic (exact) mass is 260 g/mol. The maximum absolute atomic E-state index is 11.4. The second kappa shape index (κ2) is 4.56. The molecule has 0 aromatic carbocycles. The molecule has 0 radical (unpaired) electrons. The zero-order valence-corrected chi connectivity index (χ0v) is 10.3. The van der Waals surface area contributed by atoms with Crippen LogP contribution in [0, 0.1) is 0 Å². The van der Waals surface area contributed by atoms with Crippen LogP contribution in [0.2, 0.25) is 0 Å². The van der Waals surface area contributed by atoms with E-state index in [1.807, 2.05) is 6.92 Å². The molecule has 0 aliphatic carbocycles. The van der Waals surface area contributed by atoms with Crippen molar-refractivity contribution in [3.8, 4) is 0 Å². The maximum atomic E-state index is 11.4. The van der Waals surface area contributed by atoms with Crippen LogP contribution in [0.3, 0.4) is 0 Å². The number of nitrogens with one attached hydrogen (secondary N) is 2. The fraction of sp³-hybridized carbons (Fsp3) is 0.273. The summed E-state index contributed by atoms with van der Waals surface area (Å²) in [5, 5.41) is 13.3. The van der Waals surface area contributed by atoms with Gasteiger partial charge in [-0.05, 0) is 12.1 Å². The number of hydrogen-bond acceptors (Lipinski definition) is 6. The molecule has 19 heavy (non-hydrogen) atoms. The Morgan fingerprint density at radius 3 is 3.16 bits per heavy atom. The van der Waals surface area contributed by atoms with Crippen molar-refractivity contribution in [2.24, 2.45) is 0 Å². The first-order valence-electron chi connectivity index (χ1n) is 5.88. The summed E-state index contributed by atoms with van der Waals surface area (Å²) in [5.74, 6) is 1.97. The van der Waals surface area contributed by atoms with E-state index in [-0.39, 0.29) is 5.69 Å². The van der Waals surface area contributed by atoms with Crippen LogP contribution in [0.1, 0.15) is 18.6 Å². The van der Waals surface area contributed by atoms with E-state index in [1.165, 1.54) is 4.52 Å². The van der Waals surface area contributed by atoms with E-state index >= 15 is 0 Å². The van der Waals surface area contributed by atoms with Crippen molar-refractivity contribution in [2.45, 2.75) is 19.9 Å². The van der Waals surface area contributed by atoms with Gasteiger partial charge in [-0.25, -0.2) is 14.9 Å². The molecule has 2 N–H and O–H groups in total. The summed E-state index contributed by atoms with van der Waals surface area (Å²) in [4.78, 5) is 15.5. The standard InChI is InChI=1S/C11H12N6O2/c1-2-7-5-13-10(19-7)6-12-8-3-4-9-14-15-11(18)17(9)16-8/h3-5H,2,6H2,1H3,(H,12,16)(H,15,18). The van der Waals surface area contributed by atoms with Crippen molar-refractivity contribution < 1.29 is 4.42 Å². The molecule has 0 aliphatic rings. The number of fused-ring (bicyclic) bond motifs is 1. The molecule has 0 saturated heterocycles. The van der Waals surface area contributed by atoms with Crippen LogP contribution in [0.5, 0.6) is 0 Å². The zero-order chi connectivity index (χ0) is 13.2. The normalized spacial score (nSPS) is 11.0. The van der Waals surface area contributed by atoms with Crippen LogP contribution in [0.25, 0.3) is 5.65 Å². The molecule has 3 heterocycles. The number of aromatic amines is 1. The molecular formula is C11H12N6O2. The lowest BCUT2D eigenvalue weighted by atomic mass is 10.4. The molecule has 0 aliphatic heterocycles. The molecule has 3 aromatic rings. The van der Waals surface area contributed by atoms with Gasteiger partial charge in [0.25, 0.3) is 0 Å². The van der Waals surface area contributed by atoms with Gasteiger partial charge in [-0.15, -0.1) is 5.10 Å². The predicted molar refractivity (Wildman–Crippen MR) is 66.8 cm³/mol. The highest BCUT2D eigenvalue weighted by molar-refractivity contribution is 5.42. The minimum Gasteiger partial charge on any atom is -0.444 e. The molecule has 0 atom stereocenters. The van der Waals surface area contributed by atoms with E-state index < -0.39 is 0 Å². The van der Waals surface area contributed by atoms with E-state index in [0.717, 1.165) is 12.2 Å². The van der Waals surface area contributed by atoms with Crippen LogP contribution in [-0.2, 0) is 13.0 Å². The van der Waals surface area contributed by atoms with E-state index in [2.05, 4.69) is 25.6 Å². The molecule has 0 saturated carbocycles. The summed E-state index contributed by atoms with van der Waals surface area (Å²) in [6.45, 7) is 2.41. The second-order valence-electron chi connectivity index (χ2n) is 3.94. The molecule has 0 spiro atoms. The van der Waals surface area contributed by atoms with Crippen molar-refractivity contribution in [1.82, 2.24) is 24.8 Å². The molecule has 0 amide bonds. The number of nitrogens with zero attached hydrogens (tertiary/aromatic N) is 4. The summed E-state index contributed by atoms with van der Waals surface area (Å²) in [7, 11) is 0. The first-order chi connectivity index (χ1) is 9.26. The van der Waals surface area contributed by atoms with Crippen molar-refractivity contribution in [1.29, 1.82) is 0 Å². The van der Waals surface area contributed by atoms with Gasteiger partial charge in [-0.2, -0.15) is 9.61 Å². The van der Waals surface area contributed by atoms with Gasteiger partial charge >= 0.3 is 5.69 Å². The zero-order valence-electron chi connectivity index (χ0n) is 10.3. The molecule has 8 nitrogen and oxygen atoms in total. The summed E-state index contributed by atoms with van der Waals surface area (Å²) in [6.07, 6.45) is 2.51. The lowest BCUT2D eigenvalue weighted by Gasteiger charge is -2.02. The number of aryl methyl sites for hydroxylation is 1. The van der Waals surface area contributed by atoms with E-state index in [1.54, 1.807) is 18.3 Å². The third-order valence-corrected chi connectivity index (χ3v) is 2.64. The smallest absolute Gasteiger partial charge is 0.364 e. The predicted octanol–water partition coefficient (Wildman–Crippen LogP) is 0.580. The van der Waals surface area contributed by atoms with Crippen molar-refractivity contribution in [3.05, 3.63) is 40.5 Å².